The molecule has 0 aromatic heterocycles. The van der Waals surface area contributed by atoms with E-state index in [2.05, 4.69) is 0 Å². The predicted octanol–water partition coefficient (Wildman–Crippen LogP) is 6.69. The number of benzene rings is 3. The molecule has 0 aliphatic heterocycles. The Labute approximate surface area is 197 Å². The van der Waals surface area contributed by atoms with Crippen LogP contribution in [-0.2, 0) is 6.18 Å². The number of urea groups is 1. The molecule has 0 fully saturated rings. The van der Waals surface area contributed by atoms with Gasteiger partial charge in [-0.15, -0.1) is 0 Å². The summed E-state index contributed by atoms with van der Waals surface area (Å²) in [5.41, 5.74) is -2.85. The van der Waals surface area contributed by atoms with Gasteiger partial charge < -0.3 is 4.74 Å². The molecule has 0 aliphatic rings. The quantitative estimate of drug-likeness (QED) is 0.390. The highest BCUT2D eigenvalue weighted by atomic mass is 35.5. The Morgan fingerprint density at radius 1 is 0.914 bits per heavy atom. The van der Waals surface area contributed by atoms with Gasteiger partial charge in [0.15, 0.2) is 11.6 Å². The van der Waals surface area contributed by atoms with E-state index in [4.69, 9.17) is 16.3 Å². The summed E-state index contributed by atoms with van der Waals surface area (Å²) >= 11 is 5.73. The zero-order chi connectivity index (χ0) is 26.1. The van der Waals surface area contributed by atoms with Gasteiger partial charge in [-0.25, -0.2) is 18.0 Å². The van der Waals surface area contributed by atoms with Gasteiger partial charge >= 0.3 is 12.2 Å². The Bertz CT molecular complexity index is 1290. The van der Waals surface area contributed by atoms with Gasteiger partial charge in [0.05, 0.1) is 16.3 Å². The minimum atomic E-state index is -4.69. The molecule has 3 amide bonds. The Kier molecular flexibility index (Phi) is 7.25. The van der Waals surface area contributed by atoms with Crippen LogP contribution in [-0.4, -0.2) is 19.0 Å². The fourth-order valence-corrected chi connectivity index (χ4v) is 3.02. The minimum absolute atomic E-state index is 0.408. The van der Waals surface area contributed by atoms with Crippen LogP contribution in [0, 0.1) is 23.3 Å². The van der Waals surface area contributed by atoms with Crippen LogP contribution < -0.4 is 15.0 Å². The van der Waals surface area contributed by atoms with E-state index < -0.39 is 74.7 Å². The molecule has 3 aromatic rings. The zero-order valence-electron chi connectivity index (χ0n) is 17.3. The fourth-order valence-electron chi connectivity index (χ4n) is 2.81. The van der Waals surface area contributed by atoms with Gasteiger partial charge in [-0.3, -0.25) is 15.0 Å². The lowest BCUT2D eigenvalue weighted by atomic mass is 10.2. The van der Waals surface area contributed by atoms with Crippen molar-refractivity contribution in [3.05, 3.63) is 87.9 Å². The molecule has 35 heavy (non-hydrogen) atoms. The van der Waals surface area contributed by atoms with Crippen molar-refractivity contribution in [2.24, 2.45) is 0 Å². The molecule has 0 bridgehead atoms. The second-order valence-corrected chi connectivity index (χ2v) is 7.28. The number of anilines is 1. The third kappa shape index (κ3) is 5.48. The lowest BCUT2D eigenvalue weighted by Crippen LogP contribution is -2.41. The molecule has 184 valence electrons. The largest absolute Gasteiger partial charge is 0.453 e. The van der Waals surface area contributed by atoms with Gasteiger partial charge in [0.25, 0.3) is 5.91 Å². The Hall–Kier alpha value is -3.80. The van der Waals surface area contributed by atoms with Crippen molar-refractivity contribution in [1.82, 2.24) is 5.32 Å². The van der Waals surface area contributed by atoms with Crippen LogP contribution in [0.15, 0.2) is 48.5 Å². The summed E-state index contributed by atoms with van der Waals surface area (Å²) in [5.74, 6) is -8.41. The first-order valence-electron chi connectivity index (χ1n) is 9.37. The van der Waals surface area contributed by atoms with E-state index in [1.807, 2.05) is 0 Å². The smallest absolute Gasteiger partial charge is 0.416 e. The lowest BCUT2D eigenvalue weighted by Gasteiger charge is -2.19. The number of alkyl halides is 3. The van der Waals surface area contributed by atoms with Crippen molar-refractivity contribution in [2.45, 2.75) is 6.18 Å². The number of carbonyl (C=O) groups excluding carboxylic acids is 2. The van der Waals surface area contributed by atoms with Gasteiger partial charge in [0, 0.05) is 7.05 Å². The molecule has 5 nitrogen and oxygen atoms in total. The number of hydrogen-bond donors (Lipinski definition) is 1. The molecule has 0 unspecified atom stereocenters. The first-order valence-corrected chi connectivity index (χ1v) is 9.74. The number of halogens is 8. The third-order valence-corrected chi connectivity index (χ3v) is 4.88. The van der Waals surface area contributed by atoms with Crippen LogP contribution in [0.5, 0.6) is 11.5 Å². The summed E-state index contributed by atoms with van der Waals surface area (Å²) in [5, 5.41) is 1.11. The van der Waals surface area contributed by atoms with E-state index in [-0.39, 0.29) is 0 Å². The molecule has 0 atom stereocenters. The maximum absolute atomic E-state index is 14.6. The van der Waals surface area contributed by atoms with Crippen molar-refractivity contribution in [2.75, 3.05) is 11.9 Å². The Morgan fingerprint density at radius 3 is 2.09 bits per heavy atom. The maximum Gasteiger partial charge on any atom is 0.416 e. The summed E-state index contributed by atoms with van der Waals surface area (Å²) < 4.78 is 99.9. The average molecular weight is 521 g/mol. The van der Waals surface area contributed by atoms with Crippen LogP contribution in [0.2, 0.25) is 5.02 Å². The molecule has 3 rings (SSSR count). The van der Waals surface area contributed by atoms with Gasteiger partial charge in [-0.2, -0.15) is 17.6 Å². The summed E-state index contributed by atoms with van der Waals surface area (Å²) in [6, 6.07) is 4.88. The van der Waals surface area contributed by atoms with Gasteiger partial charge in [-0.05, 0) is 42.5 Å². The first-order chi connectivity index (χ1) is 16.3. The number of imide groups is 1. The number of ether oxygens (including phenoxy) is 1. The van der Waals surface area contributed by atoms with Gasteiger partial charge in [0.2, 0.25) is 5.82 Å². The molecule has 3 aromatic carbocycles. The lowest BCUT2D eigenvalue weighted by molar-refractivity contribution is -0.137. The predicted molar refractivity (Wildman–Crippen MR) is 111 cm³/mol. The molecule has 0 radical (unpaired) electrons. The third-order valence-electron chi connectivity index (χ3n) is 4.58. The molecule has 0 saturated carbocycles. The van der Waals surface area contributed by atoms with Crippen molar-refractivity contribution in [3.8, 4) is 11.5 Å². The summed E-state index contributed by atoms with van der Waals surface area (Å²) in [4.78, 5) is 24.8. The molecular weight excluding hydrogens is 509 g/mol. The number of carbonyl (C=O) groups is 2. The summed E-state index contributed by atoms with van der Waals surface area (Å²) in [7, 11) is 0.936. The summed E-state index contributed by atoms with van der Waals surface area (Å²) in [6.07, 6.45) is -4.69. The minimum Gasteiger partial charge on any atom is -0.453 e. The van der Waals surface area contributed by atoms with E-state index in [9.17, 15) is 40.3 Å². The second kappa shape index (κ2) is 9.82. The normalized spacial score (nSPS) is 11.2. The SMILES string of the molecule is CN(C(=O)NC(=O)c1c(F)cccc1F)c1ccc(Oc2ccc(C(F)(F)F)cc2Cl)c(F)c1F. The van der Waals surface area contributed by atoms with Crippen LogP contribution in [0.25, 0.3) is 0 Å². The van der Waals surface area contributed by atoms with Crippen molar-refractivity contribution in [3.63, 3.8) is 0 Å². The molecule has 0 heterocycles. The topological polar surface area (TPSA) is 58.6 Å². The van der Waals surface area contributed by atoms with E-state index in [0.29, 0.717) is 17.0 Å². The summed E-state index contributed by atoms with van der Waals surface area (Å²) in [6.45, 7) is 0. The number of hydrogen-bond acceptors (Lipinski definition) is 3. The van der Waals surface area contributed by atoms with E-state index in [0.717, 1.165) is 43.4 Å². The van der Waals surface area contributed by atoms with Gasteiger partial charge in [0.1, 0.15) is 22.9 Å². The molecule has 0 spiro atoms. The Morgan fingerprint density at radius 2 is 1.51 bits per heavy atom. The monoisotopic (exact) mass is 520 g/mol. The molecule has 0 aliphatic carbocycles. The van der Waals surface area contributed by atoms with Crippen LogP contribution >= 0.6 is 11.6 Å². The molecule has 0 saturated heterocycles. The second-order valence-electron chi connectivity index (χ2n) is 6.87. The van der Waals surface area contributed by atoms with Crippen LogP contribution in [0.4, 0.5) is 41.2 Å². The average Bonchev–Trinajstić information content (AvgIpc) is 2.77. The molecular formula is C22H12ClF7N2O3. The highest BCUT2D eigenvalue weighted by Gasteiger charge is 2.31. The number of nitrogens with one attached hydrogen (secondary N) is 1. The van der Waals surface area contributed by atoms with Gasteiger partial charge in [-0.1, -0.05) is 17.7 Å². The fraction of sp³-hybridized carbons (Fsp3) is 0.0909. The van der Waals surface area contributed by atoms with E-state index in [1.54, 1.807) is 5.32 Å². The number of amides is 3. The van der Waals surface area contributed by atoms with E-state index >= 15 is 0 Å². The van der Waals surface area contributed by atoms with Crippen LogP contribution in [0.1, 0.15) is 15.9 Å². The van der Waals surface area contributed by atoms with E-state index in [1.165, 1.54) is 0 Å². The van der Waals surface area contributed by atoms with Crippen molar-refractivity contribution >= 4 is 29.2 Å². The highest BCUT2D eigenvalue weighted by molar-refractivity contribution is 6.32. The van der Waals surface area contributed by atoms with Crippen molar-refractivity contribution < 1.29 is 45.1 Å². The number of rotatable bonds is 4. The first kappa shape index (κ1) is 25.8. The zero-order valence-corrected chi connectivity index (χ0v) is 18.1. The maximum atomic E-state index is 14.6. The number of nitrogens with zero attached hydrogens (tertiary/aromatic N) is 1. The van der Waals surface area contributed by atoms with Crippen LogP contribution in [0.3, 0.4) is 0 Å². The molecule has 13 heteroatoms. The standard InChI is InChI=1S/C22H12ClF7N2O3/c1-32(21(34)31-20(33)17-12(24)3-2-4-13(17)25)14-6-8-16(19(27)18(14)26)35-15-7-5-10(9-11(15)23)22(28,29)30/h2-9H,1H3,(H,31,33,34). The highest BCUT2D eigenvalue weighted by Crippen LogP contribution is 2.38. The van der Waals surface area contributed by atoms with Crippen molar-refractivity contribution in [1.29, 1.82) is 0 Å². The Balaban J connectivity index is 1.80. The molecule has 1 N–H and O–H groups in total.